The minimum atomic E-state index is -1.12. The Morgan fingerprint density at radius 2 is 1.65 bits per heavy atom. The van der Waals surface area contributed by atoms with Crippen LogP contribution in [-0.2, 0) is 14.3 Å². The zero-order valence-electron chi connectivity index (χ0n) is 24.2. The smallest absolute Gasteiger partial charge is 0.408 e. The predicted molar refractivity (Wildman–Crippen MR) is 157 cm³/mol. The summed E-state index contributed by atoms with van der Waals surface area (Å²) in [5.74, 6) is -1.36. The number of carbonyl (C=O) groups is 3. The van der Waals surface area contributed by atoms with Crippen LogP contribution in [0.2, 0.25) is 0 Å². The highest BCUT2D eigenvalue weighted by Gasteiger charge is 2.38. The topological polar surface area (TPSA) is 112 Å². The lowest BCUT2D eigenvalue weighted by Crippen LogP contribution is -2.54. The molecule has 0 aromatic heterocycles. The van der Waals surface area contributed by atoms with Crippen molar-refractivity contribution in [3.05, 3.63) is 77.4 Å². The maximum atomic E-state index is 14.0. The van der Waals surface area contributed by atoms with E-state index in [1.807, 2.05) is 68.4 Å². The molecular formula is C32H38N4O4. The number of fused-ring (bicyclic) bond motifs is 1. The zero-order valence-corrected chi connectivity index (χ0v) is 24.2. The molecule has 0 aliphatic heterocycles. The summed E-state index contributed by atoms with van der Waals surface area (Å²) in [6.45, 7) is 12.2. The minimum Gasteiger partial charge on any atom is -0.444 e. The first-order chi connectivity index (χ1) is 18.8. The molecule has 2 atom stereocenters. The number of rotatable bonds is 8. The molecule has 3 aromatic carbocycles. The molecule has 0 fully saturated rings. The van der Waals surface area contributed by atoms with Gasteiger partial charge in [0.25, 0.3) is 5.91 Å². The Labute approximate surface area is 236 Å². The third-order valence-electron chi connectivity index (χ3n) is 6.65. The Hall–Kier alpha value is -4.38. The van der Waals surface area contributed by atoms with Gasteiger partial charge in [0.1, 0.15) is 24.2 Å². The molecule has 0 aliphatic carbocycles. The van der Waals surface area contributed by atoms with Crippen LogP contribution in [0.4, 0.5) is 10.5 Å². The van der Waals surface area contributed by atoms with Crippen molar-refractivity contribution in [2.45, 2.75) is 66.2 Å². The fourth-order valence-corrected chi connectivity index (χ4v) is 4.50. The van der Waals surface area contributed by atoms with Crippen LogP contribution in [-0.4, -0.2) is 41.0 Å². The van der Waals surface area contributed by atoms with E-state index in [4.69, 9.17) is 4.74 Å². The first-order valence-corrected chi connectivity index (χ1v) is 13.3. The van der Waals surface area contributed by atoms with Crippen LogP contribution in [0.25, 0.3) is 10.8 Å². The first-order valence-electron chi connectivity index (χ1n) is 13.3. The summed E-state index contributed by atoms with van der Waals surface area (Å²) >= 11 is 0. The van der Waals surface area contributed by atoms with Gasteiger partial charge in [0.2, 0.25) is 5.91 Å². The number of nitriles is 1. The molecule has 2 unspecified atom stereocenters. The summed E-state index contributed by atoms with van der Waals surface area (Å²) < 4.78 is 5.38. The van der Waals surface area contributed by atoms with Crippen LogP contribution in [0.15, 0.2) is 60.7 Å². The van der Waals surface area contributed by atoms with Gasteiger partial charge < -0.3 is 20.3 Å². The Morgan fingerprint density at radius 3 is 2.27 bits per heavy atom. The number of hydrogen-bond donors (Lipinski definition) is 2. The quantitative estimate of drug-likeness (QED) is 0.337. The second kappa shape index (κ2) is 12.6. The summed E-state index contributed by atoms with van der Waals surface area (Å²) in [5.41, 5.74) is 2.18. The lowest BCUT2D eigenvalue weighted by Gasteiger charge is -2.34. The maximum absolute atomic E-state index is 14.0. The van der Waals surface area contributed by atoms with Crippen LogP contribution in [0, 0.1) is 31.1 Å². The van der Waals surface area contributed by atoms with E-state index in [0.29, 0.717) is 11.3 Å². The van der Waals surface area contributed by atoms with E-state index in [9.17, 15) is 19.6 Å². The van der Waals surface area contributed by atoms with E-state index in [1.54, 1.807) is 46.8 Å². The molecule has 8 nitrogen and oxygen atoms in total. The van der Waals surface area contributed by atoms with Gasteiger partial charge in [0.05, 0.1) is 6.07 Å². The van der Waals surface area contributed by atoms with Crippen molar-refractivity contribution in [3.8, 4) is 6.07 Å². The van der Waals surface area contributed by atoms with Crippen molar-refractivity contribution in [2.75, 3.05) is 11.9 Å². The van der Waals surface area contributed by atoms with Crippen LogP contribution >= 0.6 is 0 Å². The molecule has 210 valence electrons. The fraction of sp³-hybridized carbons (Fsp3) is 0.375. The second-order valence-electron chi connectivity index (χ2n) is 11.2. The predicted octanol–water partition coefficient (Wildman–Crippen LogP) is 6.04. The number of benzene rings is 3. The standard InChI is InChI=1S/C32H38N4O4/c1-20(2)27(35-31(39)40-32(5,6)7)30(38)36(18-17-33)28(26-14-10-11-21(3)22(26)4)29(37)34-25-16-15-23-12-8-9-13-24(23)19-25/h8-16,19-20,27-28H,18H2,1-7H3,(H,34,37)(H,35,39). The van der Waals surface area contributed by atoms with Crippen LogP contribution in [0.3, 0.4) is 0 Å². The molecule has 0 bridgehead atoms. The van der Waals surface area contributed by atoms with E-state index in [2.05, 4.69) is 10.6 Å². The van der Waals surface area contributed by atoms with Gasteiger partial charge in [-0.25, -0.2) is 4.79 Å². The minimum absolute atomic E-state index is 0.344. The number of carbonyl (C=O) groups excluding carboxylic acids is 3. The number of amides is 3. The van der Waals surface area contributed by atoms with E-state index >= 15 is 0 Å². The molecule has 8 heteroatoms. The fourth-order valence-electron chi connectivity index (χ4n) is 4.50. The van der Waals surface area contributed by atoms with Crippen molar-refractivity contribution in [1.82, 2.24) is 10.2 Å². The van der Waals surface area contributed by atoms with Gasteiger partial charge in [-0.05, 0) is 80.1 Å². The van der Waals surface area contributed by atoms with Gasteiger partial charge in [0.15, 0.2) is 0 Å². The summed E-state index contributed by atoms with van der Waals surface area (Å²) in [6, 6.07) is 18.8. The SMILES string of the molecule is Cc1cccc(C(C(=O)Nc2ccc3ccccc3c2)N(CC#N)C(=O)C(NC(=O)OC(C)(C)C)C(C)C)c1C. The summed E-state index contributed by atoms with van der Waals surface area (Å²) in [6.07, 6.45) is -0.750. The Morgan fingerprint density at radius 1 is 0.975 bits per heavy atom. The van der Waals surface area contributed by atoms with E-state index in [1.165, 1.54) is 4.90 Å². The average Bonchev–Trinajstić information content (AvgIpc) is 2.87. The summed E-state index contributed by atoms with van der Waals surface area (Å²) in [4.78, 5) is 41.9. The third kappa shape index (κ3) is 7.38. The number of nitrogens with zero attached hydrogens (tertiary/aromatic N) is 2. The van der Waals surface area contributed by atoms with Crippen LogP contribution in [0.1, 0.15) is 57.4 Å². The molecular weight excluding hydrogens is 504 g/mol. The molecule has 40 heavy (non-hydrogen) atoms. The first kappa shape index (κ1) is 30.2. The maximum Gasteiger partial charge on any atom is 0.408 e. The lowest BCUT2D eigenvalue weighted by atomic mass is 9.94. The van der Waals surface area contributed by atoms with E-state index in [0.717, 1.165) is 21.9 Å². The average molecular weight is 543 g/mol. The molecule has 0 saturated heterocycles. The molecule has 3 rings (SSSR count). The van der Waals surface area contributed by atoms with Gasteiger partial charge in [-0.1, -0.05) is 62.4 Å². The van der Waals surface area contributed by atoms with E-state index in [-0.39, 0.29) is 12.5 Å². The Kier molecular flexibility index (Phi) is 9.54. The van der Waals surface area contributed by atoms with Crippen LogP contribution in [0.5, 0.6) is 0 Å². The highest BCUT2D eigenvalue weighted by atomic mass is 16.6. The zero-order chi connectivity index (χ0) is 29.6. The Bertz CT molecular complexity index is 1430. The van der Waals surface area contributed by atoms with Gasteiger partial charge >= 0.3 is 6.09 Å². The Balaban J connectivity index is 2.05. The molecule has 0 radical (unpaired) electrons. The molecule has 0 saturated carbocycles. The molecule has 2 N–H and O–H groups in total. The van der Waals surface area contributed by atoms with Crippen molar-refractivity contribution in [2.24, 2.45) is 5.92 Å². The largest absolute Gasteiger partial charge is 0.444 e. The van der Waals surface area contributed by atoms with Gasteiger partial charge in [-0.2, -0.15) is 5.26 Å². The van der Waals surface area contributed by atoms with Crippen molar-refractivity contribution < 1.29 is 19.1 Å². The van der Waals surface area contributed by atoms with Crippen molar-refractivity contribution in [1.29, 1.82) is 5.26 Å². The highest BCUT2D eigenvalue weighted by molar-refractivity contribution is 6.00. The van der Waals surface area contributed by atoms with Crippen molar-refractivity contribution in [3.63, 3.8) is 0 Å². The van der Waals surface area contributed by atoms with E-state index < -0.39 is 35.6 Å². The number of hydrogen-bond acceptors (Lipinski definition) is 5. The number of alkyl carbamates (subject to hydrolysis) is 1. The number of anilines is 1. The highest BCUT2D eigenvalue weighted by Crippen LogP contribution is 2.29. The second-order valence-corrected chi connectivity index (χ2v) is 11.2. The molecule has 3 amide bonds. The van der Waals surface area contributed by atoms with Gasteiger partial charge in [-0.3, -0.25) is 9.59 Å². The van der Waals surface area contributed by atoms with Crippen LogP contribution < -0.4 is 10.6 Å². The molecule has 0 aliphatic rings. The molecule has 0 heterocycles. The normalized spacial score (nSPS) is 12.8. The van der Waals surface area contributed by atoms with Crippen molar-refractivity contribution >= 4 is 34.4 Å². The number of aryl methyl sites for hydroxylation is 1. The van der Waals surface area contributed by atoms with Gasteiger partial charge in [-0.15, -0.1) is 0 Å². The molecule has 0 spiro atoms. The number of nitrogens with one attached hydrogen (secondary N) is 2. The number of ether oxygens (including phenoxy) is 1. The monoisotopic (exact) mass is 542 g/mol. The van der Waals surface area contributed by atoms with Gasteiger partial charge in [0, 0.05) is 5.69 Å². The molecule has 3 aromatic rings. The summed E-state index contributed by atoms with van der Waals surface area (Å²) in [7, 11) is 0. The third-order valence-corrected chi connectivity index (χ3v) is 6.65. The summed E-state index contributed by atoms with van der Waals surface area (Å²) in [5, 5.41) is 17.4. The lowest BCUT2D eigenvalue weighted by molar-refractivity contribution is -0.141.